The van der Waals surface area contributed by atoms with Crippen LogP contribution in [0.25, 0.3) is 32.2 Å². The van der Waals surface area contributed by atoms with Crippen molar-refractivity contribution in [3.63, 3.8) is 0 Å². The summed E-state index contributed by atoms with van der Waals surface area (Å²) in [5.41, 5.74) is 1.49. The van der Waals surface area contributed by atoms with Gasteiger partial charge in [0.05, 0.1) is 0 Å². The minimum absolute atomic E-state index is 0. The fourth-order valence-electron chi connectivity index (χ4n) is 7.82. The molecule has 9 heteroatoms. The van der Waals surface area contributed by atoms with Gasteiger partial charge in [-0.15, -0.1) is 0 Å². The van der Waals surface area contributed by atoms with Gasteiger partial charge in [-0.25, -0.2) is 0 Å². The van der Waals surface area contributed by atoms with E-state index in [2.05, 4.69) is 48.5 Å². The summed E-state index contributed by atoms with van der Waals surface area (Å²) in [5.74, 6) is 4.46. The van der Waals surface area contributed by atoms with Crippen LogP contribution in [-0.4, -0.2) is 47.1 Å². The number of hydrogen-bond donors (Lipinski definition) is 0. The zero-order valence-corrected chi connectivity index (χ0v) is 24.4. The van der Waals surface area contributed by atoms with E-state index in [0.29, 0.717) is 35.3 Å². The number of rotatable bonds is 0. The van der Waals surface area contributed by atoms with Gasteiger partial charge >= 0.3 is 23.1 Å². The summed E-state index contributed by atoms with van der Waals surface area (Å²) in [7, 11) is 0. The first-order chi connectivity index (χ1) is 19.8. The van der Waals surface area contributed by atoms with E-state index in [9.17, 15) is 0 Å². The minimum Gasteiger partial charge on any atom is -0.459 e. The molecule has 0 amide bonds. The van der Waals surface area contributed by atoms with E-state index in [4.69, 9.17) is 40.6 Å². The first-order valence-corrected chi connectivity index (χ1v) is 14.9. The summed E-state index contributed by atoms with van der Waals surface area (Å²) >= 11 is 0. The summed E-state index contributed by atoms with van der Waals surface area (Å²) in [5, 5.41) is 14.4. The second-order valence-corrected chi connectivity index (χ2v) is 12.0. The molecule has 2 aromatic carbocycles. The smallest absolute Gasteiger partial charge is 0.459 e. The van der Waals surface area contributed by atoms with E-state index in [0.717, 1.165) is 69.9 Å². The molecule has 41 heavy (non-hydrogen) atoms. The topological polar surface area (TPSA) is 106 Å². The summed E-state index contributed by atoms with van der Waals surface area (Å²) in [6.07, 6.45) is 8.82. The molecule has 0 N–H and O–H groups in total. The fourth-order valence-corrected chi connectivity index (χ4v) is 7.82. The molecule has 5 aliphatic rings. The van der Waals surface area contributed by atoms with E-state index < -0.39 is 0 Å². The largest absolute Gasteiger partial charge is 2.00 e. The zero-order valence-electron chi connectivity index (χ0n) is 23.0. The summed E-state index contributed by atoms with van der Waals surface area (Å²) in [4.78, 5) is 30.8. The Morgan fingerprint density at radius 3 is 1.46 bits per heavy atom. The number of amidine groups is 2. The normalized spacial score (nSPS) is 34.2. The molecule has 6 atom stereocenters. The molecule has 0 spiro atoms. The van der Waals surface area contributed by atoms with Crippen LogP contribution in [0.5, 0.6) is 0 Å². The average molecular weight is 551 g/mol. The van der Waals surface area contributed by atoms with Gasteiger partial charge in [-0.2, -0.15) is 0 Å². The SMILES string of the molecule is [Mg+2].c1ccc2c3[n-]c(c2c1)/N=C1\[N-]C(/N=c2\[n-]/c(c4ccccc24)=N\C2[N-]/C(=N\3)C3CCCCC23)C2CCCCC12. The van der Waals surface area contributed by atoms with E-state index in [1.54, 1.807) is 0 Å². The van der Waals surface area contributed by atoms with Gasteiger partial charge in [0.1, 0.15) is 0 Å². The van der Waals surface area contributed by atoms with Crippen LogP contribution < -0.4 is 20.9 Å². The van der Waals surface area contributed by atoms with Crippen molar-refractivity contribution in [3.05, 3.63) is 70.1 Å². The van der Waals surface area contributed by atoms with Crippen molar-refractivity contribution in [1.82, 2.24) is 9.97 Å². The number of benzene rings is 2. The maximum atomic E-state index is 5.22. The van der Waals surface area contributed by atoms with Crippen LogP contribution in [0, 0.1) is 23.7 Å². The Morgan fingerprint density at radius 1 is 0.537 bits per heavy atom. The van der Waals surface area contributed by atoms with Gasteiger partial charge in [0.2, 0.25) is 0 Å². The minimum atomic E-state index is -0.188. The van der Waals surface area contributed by atoms with Crippen molar-refractivity contribution in [2.75, 3.05) is 0 Å². The van der Waals surface area contributed by atoms with Gasteiger partial charge < -0.3 is 40.6 Å². The van der Waals surface area contributed by atoms with Crippen LogP contribution in [0.3, 0.4) is 0 Å². The van der Waals surface area contributed by atoms with Crippen LogP contribution in [0.4, 0.5) is 11.6 Å². The molecule has 4 fully saturated rings. The van der Waals surface area contributed by atoms with Crippen molar-refractivity contribution in [2.24, 2.45) is 43.6 Å². The predicted octanol–water partition coefficient (Wildman–Crippen LogP) is 5.58. The van der Waals surface area contributed by atoms with Crippen LogP contribution in [0.15, 0.2) is 68.5 Å². The maximum absolute atomic E-state index is 5.22. The molecule has 6 unspecified atom stereocenters. The molecule has 2 saturated carbocycles. The van der Waals surface area contributed by atoms with Crippen molar-refractivity contribution in [3.8, 4) is 0 Å². The Morgan fingerprint density at radius 2 is 0.976 bits per heavy atom. The van der Waals surface area contributed by atoms with Gasteiger partial charge in [-0.3, -0.25) is 0 Å². The molecule has 2 saturated heterocycles. The fraction of sp³-hybridized carbons (Fsp3) is 0.438. The Labute approximate surface area is 254 Å². The number of hydrogen-bond acceptors (Lipinski definition) is 4. The summed E-state index contributed by atoms with van der Waals surface area (Å²) < 4.78 is 0. The quantitative estimate of drug-likeness (QED) is 0.267. The predicted molar refractivity (Wildman–Crippen MR) is 162 cm³/mol. The van der Waals surface area contributed by atoms with Gasteiger partial charge in [-0.05, 0) is 94.9 Å². The van der Waals surface area contributed by atoms with E-state index in [1.165, 1.54) is 25.7 Å². The Balaban J connectivity index is 0.00000256. The molecule has 4 aromatic rings. The maximum Gasteiger partial charge on any atom is 2.00 e. The molecule has 5 heterocycles. The molecule has 8 nitrogen and oxygen atoms in total. The first kappa shape index (κ1) is 25.5. The number of nitrogens with zero attached hydrogens (tertiary/aromatic N) is 8. The van der Waals surface area contributed by atoms with Crippen LogP contribution in [-0.2, 0) is 0 Å². The van der Waals surface area contributed by atoms with Crippen LogP contribution in [0.2, 0.25) is 0 Å². The molecule has 202 valence electrons. The molecule has 3 aliphatic heterocycles. The number of aromatic nitrogens is 2. The Hall–Kier alpha value is -3.17. The van der Waals surface area contributed by atoms with Crippen molar-refractivity contribution < 1.29 is 0 Å². The average Bonchev–Trinajstić information content (AvgIpc) is 3.73. The molecular weight excluding hydrogens is 521 g/mol. The van der Waals surface area contributed by atoms with Crippen molar-refractivity contribution >= 4 is 67.9 Å². The standard InChI is InChI=1S/C32H30N8.Mg/c1-2-10-18-17(9-1)25-33-26(18)38-28-21-13-5-6-14-22(21)30(35-28)40-32-24-16-8-7-15-23(24)31(36-32)39-29-20-12-4-3-11-19(20)27(34-29)37-25;/h1-2,7-10,15-16,19-22,27-28H,3-6,11-14H2;/q-4;+2. The van der Waals surface area contributed by atoms with Crippen molar-refractivity contribution in [1.29, 1.82) is 0 Å². The van der Waals surface area contributed by atoms with Crippen molar-refractivity contribution in [2.45, 2.75) is 63.7 Å². The van der Waals surface area contributed by atoms with Gasteiger partial charge in [-0.1, -0.05) is 85.9 Å². The zero-order chi connectivity index (χ0) is 26.2. The van der Waals surface area contributed by atoms with Crippen LogP contribution in [0.1, 0.15) is 51.4 Å². The summed E-state index contributed by atoms with van der Waals surface area (Å²) in [6, 6.07) is 16.6. The third kappa shape index (κ3) is 4.06. The molecular formula is C32H30MgN8-2. The Bertz CT molecular complexity index is 1710. The van der Waals surface area contributed by atoms with E-state index >= 15 is 0 Å². The second kappa shape index (κ2) is 9.98. The van der Waals surface area contributed by atoms with Gasteiger partial charge in [0.25, 0.3) is 0 Å². The second-order valence-electron chi connectivity index (χ2n) is 12.0. The molecule has 9 rings (SSSR count). The van der Waals surface area contributed by atoms with E-state index in [1.807, 2.05) is 0 Å². The summed E-state index contributed by atoms with van der Waals surface area (Å²) in [6.45, 7) is 0. The monoisotopic (exact) mass is 550 g/mol. The van der Waals surface area contributed by atoms with Gasteiger partial charge in [0, 0.05) is 11.0 Å². The van der Waals surface area contributed by atoms with Crippen LogP contribution >= 0.6 is 0 Å². The Kier molecular flexibility index (Phi) is 6.21. The number of aliphatic imine (C=N–C) groups is 2. The molecule has 8 bridgehead atoms. The third-order valence-corrected chi connectivity index (χ3v) is 9.79. The molecule has 2 aromatic heterocycles. The van der Waals surface area contributed by atoms with Gasteiger partial charge in [0.15, 0.2) is 0 Å². The van der Waals surface area contributed by atoms with E-state index in [-0.39, 0.29) is 35.4 Å². The molecule has 0 radical (unpaired) electrons. The number of fused-ring (bicyclic) bond motifs is 20. The third-order valence-electron chi connectivity index (χ3n) is 9.79. The first-order valence-electron chi connectivity index (χ1n) is 14.9. The molecule has 2 aliphatic carbocycles.